The van der Waals surface area contributed by atoms with E-state index in [9.17, 15) is 9.59 Å². The fraction of sp³-hybridized carbons (Fsp3) is 0.316. The van der Waals surface area contributed by atoms with Gasteiger partial charge in [-0.15, -0.1) is 0 Å². The fourth-order valence-corrected chi connectivity index (χ4v) is 3.44. The molecule has 0 spiro atoms. The Bertz CT molecular complexity index is 801. The van der Waals surface area contributed by atoms with Crippen molar-refractivity contribution in [2.24, 2.45) is 0 Å². The van der Waals surface area contributed by atoms with Gasteiger partial charge in [-0.05, 0) is 55.7 Å². The predicted octanol–water partition coefficient (Wildman–Crippen LogP) is 4.23. The number of aromatic nitrogens is 1. The third-order valence-electron chi connectivity index (χ3n) is 4.48. The zero-order valence-electron chi connectivity index (χ0n) is 14.5. The van der Waals surface area contributed by atoms with Gasteiger partial charge in [0.1, 0.15) is 5.54 Å². The number of aryl methyl sites for hydroxylation is 1. The monoisotopic (exact) mass is 416 g/mol. The van der Waals surface area contributed by atoms with Crippen molar-refractivity contribution in [3.63, 3.8) is 0 Å². The Balaban J connectivity index is 1.69. The Kier molecular flexibility index (Phi) is 5.56. The van der Waals surface area contributed by atoms with Gasteiger partial charge in [-0.2, -0.15) is 0 Å². The van der Waals surface area contributed by atoms with Crippen molar-refractivity contribution >= 4 is 39.2 Å². The van der Waals surface area contributed by atoms with Crippen molar-refractivity contribution in [2.75, 3.05) is 10.6 Å². The molecule has 2 aromatic rings. The molecule has 1 aromatic heterocycles. The topological polar surface area (TPSA) is 83.1 Å². The first-order valence-electron chi connectivity index (χ1n) is 8.55. The first kappa shape index (κ1) is 18.4. The van der Waals surface area contributed by atoms with Crippen LogP contribution < -0.4 is 16.0 Å². The molecule has 3 rings (SSSR count). The second-order valence-corrected chi connectivity index (χ2v) is 7.50. The molecule has 0 radical (unpaired) electrons. The van der Waals surface area contributed by atoms with Gasteiger partial charge in [0.05, 0.1) is 11.9 Å². The molecule has 7 heteroatoms. The van der Waals surface area contributed by atoms with Crippen molar-refractivity contribution in [1.29, 1.82) is 0 Å². The number of halogens is 1. The Hall–Kier alpha value is -2.41. The summed E-state index contributed by atoms with van der Waals surface area (Å²) in [7, 11) is 0. The van der Waals surface area contributed by atoms with E-state index < -0.39 is 5.54 Å². The summed E-state index contributed by atoms with van der Waals surface area (Å²) in [5.74, 6) is -0.201. The number of carbonyl (C=O) groups excluding carboxylic acids is 2. The lowest BCUT2D eigenvalue weighted by Crippen LogP contribution is -2.56. The Morgan fingerprint density at radius 3 is 2.38 bits per heavy atom. The fourth-order valence-electron chi connectivity index (χ4n) is 3.17. The molecule has 0 saturated heterocycles. The highest BCUT2D eigenvalue weighted by atomic mass is 79.9. The quantitative estimate of drug-likeness (QED) is 0.697. The minimum atomic E-state index is -0.900. The molecular weight excluding hydrogens is 396 g/mol. The number of hydrogen-bond donors (Lipinski definition) is 3. The van der Waals surface area contributed by atoms with Crippen LogP contribution in [-0.4, -0.2) is 22.5 Å². The minimum absolute atomic E-state index is 0.201. The predicted molar refractivity (Wildman–Crippen MR) is 105 cm³/mol. The van der Waals surface area contributed by atoms with Crippen LogP contribution in [-0.2, 0) is 4.79 Å². The van der Waals surface area contributed by atoms with Gasteiger partial charge in [-0.25, -0.2) is 4.79 Å². The maximum atomic E-state index is 12.9. The van der Waals surface area contributed by atoms with Crippen LogP contribution in [0, 0.1) is 6.92 Å². The van der Waals surface area contributed by atoms with Crippen LogP contribution in [0.5, 0.6) is 0 Å². The van der Waals surface area contributed by atoms with Gasteiger partial charge in [-0.1, -0.05) is 28.8 Å². The molecule has 1 aromatic carbocycles. The average molecular weight is 417 g/mol. The number of carbonyl (C=O) groups is 2. The Morgan fingerprint density at radius 2 is 1.73 bits per heavy atom. The molecule has 3 amide bonds. The lowest BCUT2D eigenvalue weighted by Gasteiger charge is -2.29. The average Bonchev–Trinajstić information content (AvgIpc) is 3.06. The van der Waals surface area contributed by atoms with Crippen LogP contribution in [0.25, 0.3) is 0 Å². The van der Waals surface area contributed by atoms with E-state index in [-0.39, 0.29) is 11.9 Å². The highest BCUT2D eigenvalue weighted by molar-refractivity contribution is 9.10. The second-order valence-electron chi connectivity index (χ2n) is 6.58. The summed E-state index contributed by atoms with van der Waals surface area (Å²) in [4.78, 5) is 29.4. The molecule has 136 valence electrons. The van der Waals surface area contributed by atoms with E-state index >= 15 is 0 Å². The van der Waals surface area contributed by atoms with Crippen molar-refractivity contribution in [2.45, 2.75) is 38.1 Å². The van der Waals surface area contributed by atoms with Crippen LogP contribution >= 0.6 is 15.9 Å². The van der Waals surface area contributed by atoms with E-state index in [1.54, 1.807) is 24.5 Å². The van der Waals surface area contributed by atoms with Crippen molar-refractivity contribution in [3.8, 4) is 0 Å². The largest absolute Gasteiger partial charge is 0.323 e. The van der Waals surface area contributed by atoms with Gasteiger partial charge in [0, 0.05) is 16.4 Å². The number of anilines is 2. The summed E-state index contributed by atoms with van der Waals surface area (Å²) in [6.45, 7) is 1.91. The van der Waals surface area contributed by atoms with Crippen molar-refractivity contribution < 1.29 is 9.59 Å². The van der Waals surface area contributed by atoms with Crippen molar-refractivity contribution in [1.82, 2.24) is 10.3 Å². The van der Waals surface area contributed by atoms with E-state index in [0.29, 0.717) is 24.2 Å². The number of amides is 3. The molecule has 0 aliphatic heterocycles. The van der Waals surface area contributed by atoms with Gasteiger partial charge in [0.25, 0.3) is 0 Å². The normalized spacial score (nSPS) is 15.3. The van der Waals surface area contributed by atoms with Gasteiger partial charge >= 0.3 is 6.03 Å². The molecule has 1 aliphatic rings. The number of nitrogens with zero attached hydrogens (tertiary/aromatic N) is 1. The molecule has 3 N–H and O–H groups in total. The molecule has 0 bridgehead atoms. The standard InChI is InChI=1S/C19H21BrN4O2/c1-13-10-16(12-21-11-13)22-17(25)19(8-2-3-9-19)24-18(26)23-15-6-4-14(20)5-7-15/h4-7,10-12H,2-3,8-9H2,1H3,(H,22,25)(H2,23,24,26). The maximum Gasteiger partial charge on any atom is 0.320 e. The van der Waals surface area contributed by atoms with Crippen LogP contribution in [0.4, 0.5) is 16.2 Å². The summed E-state index contributed by atoms with van der Waals surface area (Å²) < 4.78 is 0.932. The van der Waals surface area contributed by atoms with Gasteiger partial charge in [0.2, 0.25) is 5.91 Å². The van der Waals surface area contributed by atoms with E-state index in [2.05, 4.69) is 36.9 Å². The Morgan fingerprint density at radius 1 is 1.04 bits per heavy atom. The smallest absolute Gasteiger partial charge is 0.320 e. The van der Waals surface area contributed by atoms with E-state index in [4.69, 9.17) is 0 Å². The van der Waals surface area contributed by atoms with E-state index in [1.165, 1.54) is 0 Å². The first-order chi connectivity index (χ1) is 12.5. The minimum Gasteiger partial charge on any atom is -0.323 e. The summed E-state index contributed by atoms with van der Waals surface area (Å²) >= 11 is 3.36. The highest BCUT2D eigenvalue weighted by Crippen LogP contribution is 2.31. The molecule has 1 aliphatic carbocycles. The third-order valence-corrected chi connectivity index (χ3v) is 5.01. The zero-order chi connectivity index (χ0) is 18.6. The zero-order valence-corrected chi connectivity index (χ0v) is 16.1. The van der Waals surface area contributed by atoms with Crippen LogP contribution in [0.2, 0.25) is 0 Å². The number of urea groups is 1. The summed E-state index contributed by atoms with van der Waals surface area (Å²) in [6, 6.07) is 8.76. The number of hydrogen-bond acceptors (Lipinski definition) is 3. The molecular formula is C19H21BrN4O2. The number of pyridine rings is 1. The molecule has 0 atom stereocenters. The van der Waals surface area contributed by atoms with Crippen LogP contribution in [0.15, 0.2) is 47.2 Å². The van der Waals surface area contributed by atoms with E-state index in [1.807, 2.05) is 25.1 Å². The van der Waals surface area contributed by atoms with Crippen LogP contribution in [0.3, 0.4) is 0 Å². The summed E-state index contributed by atoms with van der Waals surface area (Å²) in [5.41, 5.74) is 1.37. The lowest BCUT2D eigenvalue weighted by atomic mass is 9.96. The van der Waals surface area contributed by atoms with Gasteiger partial charge < -0.3 is 16.0 Å². The Labute approximate surface area is 160 Å². The molecule has 0 unspecified atom stereocenters. The van der Waals surface area contributed by atoms with Crippen molar-refractivity contribution in [3.05, 3.63) is 52.8 Å². The second kappa shape index (κ2) is 7.86. The SMILES string of the molecule is Cc1cncc(NC(=O)C2(NC(=O)Nc3ccc(Br)cc3)CCCC2)c1. The summed E-state index contributed by atoms with van der Waals surface area (Å²) in [5, 5.41) is 8.57. The maximum absolute atomic E-state index is 12.9. The molecule has 1 saturated carbocycles. The molecule has 1 heterocycles. The van der Waals surface area contributed by atoms with E-state index in [0.717, 1.165) is 22.9 Å². The molecule has 26 heavy (non-hydrogen) atoms. The number of nitrogens with one attached hydrogen (secondary N) is 3. The lowest BCUT2D eigenvalue weighted by molar-refractivity contribution is -0.121. The van der Waals surface area contributed by atoms with Gasteiger partial charge in [0.15, 0.2) is 0 Å². The summed E-state index contributed by atoms with van der Waals surface area (Å²) in [6.07, 6.45) is 6.37. The third kappa shape index (κ3) is 4.40. The van der Waals surface area contributed by atoms with Crippen LogP contribution in [0.1, 0.15) is 31.2 Å². The van der Waals surface area contributed by atoms with Gasteiger partial charge in [-0.3, -0.25) is 9.78 Å². The molecule has 6 nitrogen and oxygen atoms in total. The molecule has 1 fully saturated rings. The highest BCUT2D eigenvalue weighted by Gasteiger charge is 2.42. The number of rotatable bonds is 4. The first-order valence-corrected chi connectivity index (χ1v) is 9.34. The number of benzene rings is 1.